The molecule has 8 heterocycles. The van der Waals surface area contributed by atoms with Gasteiger partial charge in [0.1, 0.15) is 28.8 Å². The van der Waals surface area contributed by atoms with Gasteiger partial charge in [0.25, 0.3) is 0 Å². The Labute approximate surface area is 696 Å². The van der Waals surface area contributed by atoms with Crippen molar-refractivity contribution in [3.63, 3.8) is 0 Å². The van der Waals surface area contributed by atoms with Gasteiger partial charge >= 0.3 is 0 Å². The van der Waals surface area contributed by atoms with Crippen LogP contribution in [0.25, 0.3) is 45.8 Å². The zero-order chi connectivity index (χ0) is 80.2. The third-order valence-electron chi connectivity index (χ3n) is 20.9. The number of amides is 4. The van der Waals surface area contributed by atoms with Crippen LogP contribution in [-0.4, -0.2) is 126 Å². The predicted molar refractivity (Wildman–Crippen MR) is 466 cm³/mol. The van der Waals surface area contributed by atoms with Crippen molar-refractivity contribution in [2.75, 3.05) is 62.6 Å². The molecule has 12 aromatic rings. The van der Waals surface area contributed by atoms with Crippen LogP contribution in [0.1, 0.15) is 108 Å². The van der Waals surface area contributed by atoms with Crippen LogP contribution in [0.15, 0.2) is 217 Å². The number of benzene rings is 8. The third kappa shape index (κ3) is 22.4. The van der Waals surface area contributed by atoms with Gasteiger partial charge in [-0.3, -0.25) is 19.2 Å². The molecule has 16 rings (SSSR count). The number of carbonyl (C=O) groups excluding carboxylic acids is 4. The molecule has 4 aromatic heterocycles. The summed E-state index contributed by atoms with van der Waals surface area (Å²) < 4.78 is 28.6. The Morgan fingerprint density at radius 2 is 0.617 bits per heavy atom. The number of fused-ring (bicyclic) bond motifs is 4. The van der Waals surface area contributed by atoms with E-state index in [1.165, 1.54) is 60.5 Å². The number of ether oxygens (including phenoxy) is 1. The normalized spacial score (nSPS) is 13.4. The minimum Gasteiger partial charge on any atom is -0.497 e. The highest BCUT2D eigenvalue weighted by molar-refractivity contribution is 8.00. The lowest BCUT2D eigenvalue weighted by Crippen LogP contribution is -2.37. The molecule has 4 amide bonds. The number of oxazole rings is 4. The van der Waals surface area contributed by atoms with Gasteiger partial charge in [-0.2, -0.15) is 0 Å². The average molecular weight is 1630 g/mol. The number of methoxy groups -OCH3 is 1. The van der Waals surface area contributed by atoms with E-state index < -0.39 is 0 Å². The second-order valence-corrected chi connectivity index (χ2v) is 33.6. The average Bonchev–Trinajstić information content (AvgIpc) is 1.74. The van der Waals surface area contributed by atoms with Crippen molar-refractivity contribution in [3.05, 3.63) is 296 Å². The first kappa shape index (κ1) is 83.0. The summed E-state index contributed by atoms with van der Waals surface area (Å²) in [5.74, 6) is 11.9. The maximum Gasteiger partial charge on any atom is 0.232 e. The molecule has 22 heteroatoms. The fraction of sp³-hybridized carbons (Fsp3) is 0.312. The number of rotatable bonds is 23. The number of aromatic nitrogens is 4. The van der Waals surface area contributed by atoms with Crippen LogP contribution in [0.3, 0.4) is 0 Å². The lowest BCUT2D eigenvalue weighted by atomic mass is 10.00. The van der Waals surface area contributed by atoms with Crippen LogP contribution in [0.2, 0.25) is 0 Å². The van der Waals surface area contributed by atoms with Crippen molar-refractivity contribution >= 4 is 82.4 Å². The molecule has 0 saturated carbocycles. The molecule has 0 fully saturated rings. The van der Waals surface area contributed by atoms with Crippen molar-refractivity contribution in [1.29, 1.82) is 0 Å². The van der Waals surface area contributed by atoms with E-state index in [0.29, 0.717) is 76.1 Å². The number of nitrogens with zero attached hydrogens (tertiary/aromatic N) is 8. The standard InChI is InChI=1S/C24H26N2O2S.C23H24N2O3S.C23H24N2O2S2.C23H24N2O2S/c1-3-18-8-10-20(11-9-18)24-25-22(17(2)28-24)15-29-16-23(27)26-13-12-19-6-4-5-7-21(19)14-26;1-16-21(24-23(28-16)18-7-9-20(27-2)10-8-18)14-29-15-22(26)25-12-11-17-5-3-4-6-19(17)13-25;1-16-21(24-23(27-16)18-7-9-20(28-2)10-8-18)14-29-15-22(26)25-12-11-17-5-3-4-6-19(17)13-25;1-16-7-9-19(10-8-16)23-24-21(17(2)27-23)14-28-15-22(26)25-12-11-18-5-3-4-6-20(18)13-25/h4-11H,3,12-16H2,1-2H3;2*3-10H,11-15H2,1-2H3;3-10H,11-15H2,1-2H3. The summed E-state index contributed by atoms with van der Waals surface area (Å²) in [6.45, 7) is 18.0. The number of hydrogen-bond acceptors (Lipinski definition) is 18. The number of aryl methyl sites for hydroxylation is 6. The van der Waals surface area contributed by atoms with E-state index in [4.69, 9.17) is 22.4 Å². The van der Waals surface area contributed by atoms with Gasteiger partial charge in [-0.25, -0.2) is 19.9 Å². The van der Waals surface area contributed by atoms with Gasteiger partial charge in [0, 0.05) is 103 Å². The molecular weight excluding hydrogens is 1530 g/mol. The summed E-state index contributed by atoms with van der Waals surface area (Å²) >= 11 is 8.10. The molecule has 4 aliphatic heterocycles. The van der Waals surface area contributed by atoms with Gasteiger partial charge in [0.15, 0.2) is 0 Å². The van der Waals surface area contributed by atoms with E-state index in [1.54, 1.807) is 65.9 Å². The fourth-order valence-electron chi connectivity index (χ4n) is 13.9. The second kappa shape index (κ2) is 40.5. The Bertz CT molecular complexity index is 4880. The fourth-order valence-corrected chi connectivity index (χ4v) is 18.0. The van der Waals surface area contributed by atoms with Gasteiger partial charge in [-0.1, -0.05) is 134 Å². The summed E-state index contributed by atoms with van der Waals surface area (Å²) in [5.41, 5.74) is 20.5. The molecule has 0 unspecified atom stereocenters. The Hall–Kier alpha value is -9.97. The highest BCUT2D eigenvalue weighted by Crippen LogP contribution is 2.33. The first-order chi connectivity index (χ1) is 56.0. The van der Waals surface area contributed by atoms with Crippen molar-refractivity contribution in [1.82, 2.24) is 39.5 Å². The van der Waals surface area contributed by atoms with Gasteiger partial charge in [0.05, 0.1) is 52.9 Å². The SMILES string of the molecule is CCc1ccc(-c2nc(CSCC(=O)N3CCc4ccccc4C3)c(C)o2)cc1.COc1ccc(-c2nc(CSCC(=O)N3CCc4ccccc4C3)c(C)o2)cc1.CSc1ccc(-c2nc(CSCC(=O)N3CCc4ccccc4C3)c(C)o2)cc1.Cc1ccc(-c2nc(CSCC(=O)N3CCc4ccccc4C3)c(C)o2)cc1. The van der Waals surface area contributed by atoms with Crippen molar-refractivity contribution in [3.8, 4) is 51.6 Å². The molecule has 0 N–H and O–H groups in total. The van der Waals surface area contributed by atoms with Crippen LogP contribution in [0, 0.1) is 34.6 Å². The van der Waals surface area contributed by atoms with Crippen LogP contribution >= 0.6 is 58.8 Å². The Morgan fingerprint density at radius 1 is 0.357 bits per heavy atom. The summed E-state index contributed by atoms with van der Waals surface area (Å²) in [7, 11) is 1.64. The molecule has 0 atom stereocenters. The van der Waals surface area contributed by atoms with Crippen molar-refractivity contribution in [2.24, 2.45) is 0 Å². The monoisotopic (exact) mass is 1630 g/mol. The molecular formula is C93H98N8O9S5. The molecule has 0 bridgehead atoms. The van der Waals surface area contributed by atoms with Crippen LogP contribution < -0.4 is 4.74 Å². The minimum atomic E-state index is 0.182. The summed E-state index contributed by atoms with van der Waals surface area (Å²) in [6.07, 6.45) is 6.82. The Balaban J connectivity index is 0.000000134. The highest BCUT2D eigenvalue weighted by Gasteiger charge is 2.26. The maximum atomic E-state index is 12.6. The van der Waals surface area contributed by atoms with E-state index in [0.717, 1.165) is 152 Å². The highest BCUT2D eigenvalue weighted by atomic mass is 32.2. The van der Waals surface area contributed by atoms with E-state index >= 15 is 0 Å². The molecule has 115 heavy (non-hydrogen) atoms. The topological polar surface area (TPSA) is 195 Å². The predicted octanol–water partition coefficient (Wildman–Crippen LogP) is 19.5. The molecule has 0 spiro atoms. The zero-order valence-corrected chi connectivity index (χ0v) is 70.7. The molecule has 0 saturated heterocycles. The van der Waals surface area contributed by atoms with E-state index in [2.05, 4.69) is 161 Å². The zero-order valence-electron chi connectivity index (χ0n) is 66.6. The smallest absolute Gasteiger partial charge is 0.232 e. The molecule has 8 aromatic carbocycles. The Morgan fingerprint density at radius 3 is 0.887 bits per heavy atom. The number of carbonyl (C=O) groups is 4. The lowest BCUT2D eigenvalue weighted by molar-refractivity contribution is -0.130. The maximum absolute atomic E-state index is 12.6. The third-order valence-corrected chi connectivity index (χ3v) is 25.4. The second-order valence-electron chi connectivity index (χ2n) is 28.8. The van der Waals surface area contributed by atoms with Gasteiger partial charge in [-0.05, 0) is 196 Å². The van der Waals surface area contributed by atoms with Gasteiger partial charge in [0.2, 0.25) is 47.2 Å². The van der Waals surface area contributed by atoms with Crippen molar-refractivity contribution < 1.29 is 41.6 Å². The quantitative estimate of drug-likeness (QED) is 0.0548. The van der Waals surface area contributed by atoms with E-state index in [-0.39, 0.29) is 23.6 Å². The van der Waals surface area contributed by atoms with Crippen LogP contribution in [-0.2, 0) is 100 Å². The molecule has 594 valence electrons. The van der Waals surface area contributed by atoms with Gasteiger partial charge in [-0.15, -0.1) is 58.8 Å². The summed E-state index contributed by atoms with van der Waals surface area (Å²) in [6, 6.07) is 65.9. The molecule has 4 aliphatic rings. The summed E-state index contributed by atoms with van der Waals surface area (Å²) in [4.78, 5) is 78.1. The molecule has 17 nitrogen and oxygen atoms in total. The molecule has 0 radical (unpaired) electrons. The van der Waals surface area contributed by atoms with Crippen LogP contribution in [0.5, 0.6) is 5.75 Å². The largest absolute Gasteiger partial charge is 0.497 e. The lowest BCUT2D eigenvalue weighted by Gasteiger charge is -2.28. The number of hydrogen-bond donors (Lipinski definition) is 0. The first-order valence-corrected chi connectivity index (χ1v) is 44.9. The minimum absolute atomic E-state index is 0.182. The van der Waals surface area contributed by atoms with Crippen LogP contribution in [0.4, 0.5) is 0 Å². The van der Waals surface area contributed by atoms with Gasteiger partial charge < -0.3 is 42.0 Å². The van der Waals surface area contributed by atoms with E-state index in [9.17, 15) is 19.2 Å². The van der Waals surface area contributed by atoms with Crippen molar-refractivity contribution in [2.45, 2.75) is 128 Å². The number of thioether (sulfide) groups is 5. The first-order valence-electron chi connectivity index (χ1n) is 39.0. The van der Waals surface area contributed by atoms with E-state index in [1.807, 2.05) is 120 Å². The summed E-state index contributed by atoms with van der Waals surface area (Å²) in [5, 5.41) is 0. The Kier molecular flexibility index (Phi) is 29.3. The molecule has 0 aliphatic carbocycles.